The fraction of sp³-hybridized carbons (Fsp3) is 0.667. The van der Waals surface area contributed by atoms with Gasteiger partial charge in [-0.1, -0.05) is 0 Å². The van der Waals surface area contributed by atoms with Crippen LogP contribution in [0.4, 0.5) is 0 Å². The van der Waals surface area contributed by atoms with Gasteiger partial charge >= 0.3 is 0 Å². The molecule has 1 atom stereocenters. The maximum atomic E-state index is 12.6. The summed E-state index contributed by atoms with van der Waals surface area (Å²) in [5.41, 5.74) is 0. The molecule has 2 aliphatic heterocycles. The predicted octanol–water partition coefficient (Wildman–Crippen LogP) is 1.68. The fourth-order valence-corrected chi connectivity index (χ4v) is 6.00. The number of halogens is 1. The number of hydrogen-bond acceptors (Lipinski definition) is 5. The molecule has 1 unspecified atom stereocenters. The molecule has 0 spiro atoms. The van der Waals surface area contributed by atoms with Crippen LogP contribution in [0.1, 0.15) is 35.4 Å². The van der Waals surface area contributed by atoms with Crippen molar-refractivity contribution in [1.29, 1.82) is 0 Å². The Hall–Kier alpha value is -0.670. The van der Waals surface area contributed by atoms with Gasteiger partial charge in [0.15, 0.2) is 0 Å². The number of nitrogens with zero attached hydrogens (tertiary/aromatic N) is 1. The Balaban J connectivity index is 0.00000208. The van der Waals surface area contributed by atoms with Gasteiger partial charge < -0.3 is 10.6 Å². The van der Waals surface area contributed by atoms with Crippen molar-refractivity contribution in [2.75, 3.05) is 32.7 Å². The van der Waals surface area contributed by atoms with E-state index in [1.807, 2.05) is 0 Å². The van der Waals surface area contributed by atoms with Gasteiger partial charge in [0.25, 0.3) is 5.91 Å². The van der Waals surface area contributed by atoms with Gasteiger partial charge in [-0.05, 0) is 56.1 Å². The molecule has 3 rings (SSSR count). The van der Waals surface area contributed by atoms with E-state index in [-0.39, 0.29) is 23.2 Å². The zero-order valence-corrected chi connectivity index (χ0v) is 15.9. The highest BCUT2D eigenvalue weighted by atomic mass is 35.5. The first-order chi connectivity index (χ1) is 11.1. The van der Waals surface area contributed by atoms with Crippen molar-refractivity contribution >= 4 is 39.7 Å². The topological polar surface area (TPSA) is 78.5 Å². The van der Waals surface area contributed by atoms with Gasteiger partial charge in [-0.25, -0.2) is 8.42 Å². The Morgan fingerprint density at radius 1 is 1.38 bits per heavy atom. The van der Waals surface area contributed by atoms with Crippen molar-refractivity contribution in [3.05, 3.63) is 16.3 Å². The second kappa shape index (κ2) is 8.62. The molecule has 2 saturated heterocycles. The van der Waals surface area contributed by atoms with Crippen LogP contribution in [0.3, 0.4) is 0 Å². The SMILES string of the molecule is Cl.O=C(NCCC1CCNC1)c1sccc1S(=O)(=O)N1CCCC1. The summed E-state index contributed by atoms with van der Waals surface area (Å²) >= 11 is 1.20. The Bertz CT molecular complexity index is 651. The summed E-state index contributed by atoms with van der Waals surface area (Å²) in [6.45, 7) is 3.74. The molecule has 1 aromatic rings. The number of nitrogens with one attached hydrogen (secondary N) is 2. The quantitative estimate of drug-likeness (QED) is 0.770. The molecule has 2 aliphatic rings. The highest BCUT2D eigenvalue weighted by Crippen LogP contribution is 2.27. The van der Waals surface area contributed by atoms with E-state index < -0.39 is 10.0 Å². The van der Waals surface area contributed by atoms with Gasteiger partial charge in [0.05, 0.1) is 0 Å². The summed E-state index contributed by atoms with van der Waals surface area (Å²) in [6.07, 6.45) is 3.85. The molecule has 0 radical (unpaired) electrons. The number of carbonyl (C=O) groups is 1. The molecule has 0 bridgehead atoms. The molecule has 0 aromatic carbocycles. The fourth-order valence-electron chi connectivity index (χ4n) is 3.16. The van der Waals surface area contributed by atoms with Crippen LogP contribution < -0.4 is 10.6 Å². The van der Waals surface area contributed by atoms with Crippen molar-refractivity contribution in [2.45, 2.75) is 30.6 Å². The lowest BCUT2D eigenvalue weighted by atomic mass is 10.1. The first-order valence-corrected chi connectivity index (χ1v) is 10.5. The van der Waals surface area contributed by atoms with Crippen molar-refractivity contribution in [3.63, 3.8) is 0 Å². The summed E-state index contributed by atoms with van der Waals surface area (Å²) in [5.74, 6) is 0.329. The minimum Gasteiger partial charge on any atom is -0.351 e. The summed E-state index contributed by atoms with van der Waals surface area (Å²) in [6, 6.07) is 1.55. The smallest absolute Gasteiger partial charge is 0.262 e. The van der Waals surface area contributed by atoms with Crippen molar-refractivity contribution in [2.24, 2.45) is 5.92 Å². The maximum Gasteiger partial charge on any atom is 0.262 e. The number of rotatable bonds is 6. The molecule has 0 saturated carbocycles. The largest absolute Gasteiger partial charge is 0.351 e. The molecule has 2 N–H and O–H groups in total. The van der Waals surface area contributed by atoms with Crippen LogP contribution >= 0.6 is 23.7 Å². The molecule has 6 nitrogen and oxygen atoms in total. The average molecular weight is 394 g/mol. The Morgan fingerprint density at radius 2 is 2.12 bits per heavy atom. The normalized spacial score (nSPS) is 21.6. The van der Waals surface area contributed by atoms with Gasteiger partial charge in [0.2, 0.25) is 10.0 Å². The standard InChI is InChI=1S/C15H23N3O3S2.ClH/c19-15(17-7-4-12-3-6-16-11-12)14-13(5-10-22-14)23(20,21)18-8-1-2-9-18;/h5,10,12,16H,1-4,6-9,11H2,(H,17,19);1H. The number of amides is 1. The van der Waals surface area contributed by atoms with E-state index in [0.29, 0.717) is 30.4 Å². The number of sulfonamides is 1. The Morgan fingerprint density at radius 3 is 2.79 bits per heavy atom. The first-order valence-electron chi connectivity index (χ1n) is 8.15. The monoisotopic (exact) mass is 393 g/mol. The lowest BCUT2D eigenvalue weighted by Crippen LogP contribution is -2.31. The number of hydrogen-bond donors (Lipinski definition) is 2. The van der Waals surface area contributed by atoms with E-state index in [2.05, 4.69) is 10.6 Å². The Kier molecular flexibility index (Phi) is 7.06. The zero-order valence-electron chi connectivity index (χ0n) is 13.5. The molecule has 9 heteroatoms. The lowest BCUT2D eigenvalue weighted by molar-refractivity contribution is 0.0952. The van der Waals surface area contributed by atoms with Crippen LogP contribution in [0.25, 0.3) is 0 Å². The van der Waals surface area contributed by atoms with Crippen LogP contribution in [-0.2, 0) is 10.0 Å². The number of thiophene rings is 1. The van der Waals surface area contributed by atoms with E-state index >= 15 is 0 Å². The lowest BCUT2D eigenvalue weighted by Gasteiger charge is -2.16. The van der Waals surface area contributed by atoms with Crippen molar-refractivity contribution < 1.29 is 13.2 Å². The second-order valence-electron chi connectivity index (χ2n) is 6.13. The first kappa shape index (κ1) is 19.7. The molecule has 136 valence electrons. The predicted molar refractivity (Wildman–Crippen MR) is 97.5 cm³/mol. The summed E-state index contributed by atoms with van der Waals surface area (Å²) in [5, 5.41) is 7.86. The minimum absolute atomic E-state index is 0. The van der Waals surface area contributed by atoms with E-state index in [1.54, 1.807) is 11.4 Å². The van der Waals surface area contributed by atoms with Crippen LogP contribution in [0.2, 0.25) is 0 Å². The third kappa shape index (κ3) is 4.29. The highest BCUT2D eigenvalue weighted by molar-refractivity contribution is 7.89. The molecule has 0 aliphatic carbocycles. The molecular formula is C15H24ClN3O3S2. The summed E-state index contributed by atoms with van der Waals surface area (Å²) < 4.78 is 26.8. The molecular weight excluding hydrogens is 370 g/mol. The van der Waals surface area contributed by atoms with Crippen LogP contribution in [0.5, 0.6) is 0 Å². The molecule has 24 heavy (non-hydrogen) atoms. The van der Waals surface area contributed by atoms with Crippen LogP contribution in [-0.4, -0.2) is 51.4 Å². The number of carbonyl (C=O) groups excluding carboxylic acids is 1. The molecule has 3 heterocycles. The van der Waals surface area contributed by atoms with Crippen molar-refractivity contribution in [1.82, 2.24) is 14.9 Å². The molecule has 2 fully saturated rings. The molecule has 1 amide bonds. The maximum absolute atomic E-state index is 12.6. The van der Waals surface area contributed by atoms with Gasteiger partial charge in [-0.2, -0.15) is 4.31 Å². The van der Waals surface area contributed by atoms with E-state index in [4.69, 9.17) is 0 Å². The van der Waals surface area contributed by atoms with Crippen LogP contribution in [0.15, 0.2) is 16.3 Å². The molecule has 1 aromatic heterocycles. The summed E-state index contributed by atoms with van der Waals surface area (Å²) in [4.78, 5) is 12.8. The zero-order chi connectivity index (χ0) is 16.3. The minimum atomic E-state index is -3.54. The van der Waals surface area contributed by atoms with Crippen LogP contribution in [0, 0.1) is 5.92 Å². The second-order valence-corrected chi connectivity index (χ2v) is 8.95. The highest BCUT2D eigenvalue weighted by Gasteiger charge is 2.31. The van der Waals surface area contributed by atoms with Gasteiger partial charge in [0, 0.05) is 19.6 Å². The van der Waals surface area contributed by atoms with E-state index in [0.717, 1.165) is 38.8 Å². The third-order valence-corrected chi connectivity index (χ3v) is 7.50. The third-order valence-electron chi connectivity index (χ3n) is 4.52. The van der Waals surface area contributed by atoms with E-state index in [9.17, 15) is 13.2 Å². The Labute approximate surface area is 153 Å². The van der Waals surface area contributed by atoms with Gasteiger partial charge in [0.1, 0.15) is 9.77 Å². The van der Waals surface area contributed by atoms with Crippen molar-refractivity contribution in [3.8, 4) is 0 Å². The average Bonchev–Trinajstić information content (AvgIpc) is 3.27. The van der Waals surface area contributed by atoms with E-state index in [1.165, 1.54) is 15.6 Å². The van der Waals surface area contributed by atoms with Gasteiger partial charge in [-0.15, -0.1) is 23.7 Å². The summed E-state index contributed by atoms with van der Waals surface area (Å²) in [7, 11) is -3.54. The van der Waals surface area contributed by atoms with Gasteiger partial charge in [-0.3, -0.25) is 4.79 Å².